The fraction of sp³-hybridized carbons (Fsp3) is 0.0833. The molecule has 3 rings (SSSR count). The fourth-order valence-corrected chi connectivity index (χ4v) is 2.07. The monoisotopic (exact) mass is 228 g/mol. The van der Waals surface area contributed by atoms with Crippen molar-refractivity contribution in [1.82, 2.24) is 9.97 Å². The van der Waals surface area contributed by atoms with Crippen LogP contribution in [-0.4, -0.2) is 15.0 Å². The van der Waals surface area contributed by atoms with Gasteiger partial charge >= 0.3 is 0 Å². The maximum absolute atomic E-state index is 5.62. The normalized spacial score (nSPS) is 18.0. The topological polar surface area (TPSA) is 35.0 Å². The first-order valence-electron chi connectivity index (χ1n) is 4.93. The molecule has 0 spiro atoms. The van der Waals surface area contributed by atoms with Gasteiger partial charge in [-0.05, 0) is 24.4 Å². The second-order valence-corrected chi connectivity index (χ2v) is 3.85. The van der Waals surface area contributed by atoms with Gasteiger partial charge in [0.25, 0.3) is 0 Å². The zero-order chi connectivity index (χ0) is 11.0. The van der Waals surface area contributed by atoms with Crippen LogP contribution in [0.5, 0.6) is 0 Å². The smallest absolute Gasteiger partial charge is 0.192 e. The highest BCUT2D eigenvalue weighted by atomic mass is 32.1. The lowest BCUT2D eigenvalue weighted by atomic mass is 10.1. The average Bonchev–Trinajstić information content (AvgIpc) is 2.69. The van der Waals surface area contributed by atoms with Gasteiger partial charge in [-0.2, -0.15) is 0 Å². The summed E-state index contributed by atoms with van der Waals surface area (Å²) >= 11 is 5.17. The molecule has 2 aromatic rings. The zero-order valence-electron chi connectivity index (χ0n) is 8.33. The van der Waals surface area contributed by atoms with E-state index in [2.05, 4.69) is 9.97 Å². The molecule has 0 fully saturated rings. The maximum atomic E-state index is 5.62. The Balaban J connectivity index is 2.11. The van der Waals surface area contributed by atoms with Gasteiger partial charge < -0.3 is 4.74 Å². The van der Waals surface area contributed by atoms with Crippen LogP contribution in [0.1, 0.15) is 23.1 Å². The van der Waals surface area contributed by atoms with Crippen molar-refractivity contribution in [1.29, 1.82) is 0 Å². The van der Waals surface area contributed by atoms with Gasteiger partial charge in [-0.15, -0.1) is 0 Å². The van der Waals surface area contributed by atoms with Gasteiger partial charge in [0.05, 0.1) is 0 Å². The Morgan fingerprint density at radius 2 is 1.81 bits per heavy atom. The minimum atomic E-state index is -0.259. The molecule has 0 aliphatic carbocycles. The largest absolute Gasteiger partial charge is 0.467 e. The molecule has 78 valence electrons. The summed E-state index contributed by atoms with van der Waals surface area (Å²) in [6.07, 6.45) is 3.15. The van der Waals surface area contributed by atoms with Gasteiger partial charge in [0.2, 0.25) is 0 Å². The first-order chi connectivity index (χ1) is 7.86. The van der Waals surface area contributed by atoms with Crippen LogP contribution < -0.4 is 0 Å². The van der Waals surface area contributed by atoms with Gasteiger partial charge in [0.15, 0.2) is 17.0 Å². The summed E-state index contributed by atoms with van der Waals surface area (Å²) in [4.78, 5) is 8.40. The standard InChI is InChI=1S/C12H8N2OS/c16-12-9-5-2-1-4-8(9)10(15-12)11-13-6-3-7-14-11/h1-7,10H. The summed E-state index contributed by atoms with van der Waals surface area (Å²) in [5.74, 6) is 0.648. The SMILES string of the molecule is S=C1OC(c2ncccn2)c2ccccc21. The van der Waals surface area contributed by atoms with Crippen molar-refractivity contribution in [2.75, 3.05) is 0 Å². The van der Waals surface area contributed by atoms with Crippen LogP contribution in [0.25, 0.3) is 0 Å². The number of nitrogens with zero attached hydrogens (tertiary/aromatic N) is 2. The number of benzene rings is 1. The predicted octanol–water partition coefficient (Wildman–Crippen LogP) is 2.27. The number of rotatable bonds is 1. The number of ether oxygens (including phenoxy) is 1. The molecule has 1 aliphatic heterocycles. The van der Waals surface area contributed by atoms with E-state index in [1.807, 2.05) is 24.3 Å². The minimum Gasteiger partial charge on any atom is -0.467 e. The summed E-state index contributed by atoms with van der Waals surface area (Å²) in [5.41, 5.74) is 2.01. The van der Waals surface area contributed by atoms with E-state index in [1.54, 1.807) is 18.5 Å². The third-order valence-corrected chi connectivity index (χ3v) is 2.82. The molecule has 1 aromatic heterocycles. The van der Waals surface area contributed by atoms with Crippen molar-refractivity contribution >= 4 is 17.3 Å². The Labute approximate surface area is 98.1 Å². The highest BCUT2D eigenvalue weighted by Gasteiger charge is 2.30. The van der Waals surface area contributed by atoms with Crippen molar-refractivity contribution in [3.63, 3.8) is 0 Å². The van der Waals surface area contributed by atoms with Crippen molar-refractivity contribution < 1.29 is 4.74 Å². The summed E-state index contributed by atoms with van der Waals surface area (Å²) in [6.45, 7) is 0. The highest BCUT2D eigenvalue weighted by Crippen LogP contribution is 2.33. The molecule has 0 saturated carbocycles. The van der Waals surface area contributed by atoms with Gasteiger partial charge in [0, 0.05) is 23.5 Å². The van der Waals surface area contributed by atoms with Crippen LogP contribution >= 0.6 is 12.2 Å². The van der Waals surface area contributed by atoms with Crippen LogP contribution in [0.3, 0.4) is 0 Å². The van der Waals surface area contributed by atoms with E-state index < -0.39 is 0 Å². The molecule has 0 amide bonds. The van der Waals surface area contributed by atoms with Crippen LogP contribution in [0.4, 0.5) is 0 Å². The Bertz CT molecular complexity index is 542. The quantitative estimate of drug-likeness (QED) is 0.701. The van der Waals surface area contributed by atoms with Crippen LogP contribution in [0, 0.1) is 0 Å². The molecule has 0 saturated heterocycles. The molecular weight excluding hydrogens is 220 g/mol. The lowest BCUT2D eigenvalue weighted by Gasteiger charge is -2.08. The number of aromatic nitrogens is 2. The molecule has 4 heteroatoms. The minimum absolute atomic E-state index is 0.259. The van der Waals surface area contributed by atoms with Crippen molar-refractivity contribution in [3.05, 3.63) is 59.7 Å². The molecule has 0 radical (unpaired) electrons. The summed E-state index contributed by atoms with van der Waals surface area (Å²) in [5, 5.41) is 0.521. The summed E-state index contributed by atoms with van der Waals surface area (Å²) in [6, 6.07) is 9.65. The highest BCUT2D eigenvalue weighted by molar-refractivity contribution is 7.80. The zero-order valence-corrected chi connectivity index (χ0v) is 9.15. The number of thiocarbonyl (C=S) groups is 1. The Kier molecular flexibility index (Phi) is 2.15. The van der Waals surface area contributed by atoms with Gasteiger partial charge in [0.1, 0.15) is 0 Å². The molecule has 1 aliphatic rings. The van der Waals surface area contributed by atoms with Gasteiger partial charge in [-0.1, -0.05) is 18.2 Å². The van der Waals surface area contributed by atoms with E-state index in [4.69, 9.17) is 17.0 Å². The van der Waals surface area contributed by atoms with E-state index in [1.165, 1.54) is 0 Å². The van der Waals surface area contributed by atoms with Gasteiger partial charge in [-0.3, -0.25) is 0 Å². The Morgan fingerprint density at radius 3 is 2.62 bits per heavy atom. The number of fused-ring (bicyclic) bond motifs is 1. The van der Waals surface area contributed by atoms with E-state index in [9.17, 15) is 0 Å². The molecule has 1 atom stereocenters. The third kappa shape index (κ3) is 1.39. The second kappa shape index (κ2) is 3.64. The van der Waals surface area contributed by atoms with E-state index >= 15 is 0 Å². The molecule has 1 aromatic carbocycles. The van der Waals surface area contributed by atoms with Crippen LogP contribution in [-0.2, 0) is 4.74 Å². The van der Waals surface area contributed by atoms with Crippen molar-refractivity contribution in [2.24, 2.45) is 0 Å². The lowest BCUT2D eigenvalue weighted by molar-refractivity contribution is 0.248. The van der Waals surface area contributed by atoms with Crippen LogP contribution in [0.2, 0.25) is 0 Å². The molecule has 2 heterocycles. The molecular formula is C12H8N2OS. The Morgan fingerprint density at radius 1 is 1.06 bits per heavy atom. The lowest BCUT2D eigenvalue weighted by Crippen LogP contribution is -2.04. The van der Waals surface area contributed by atoms with Crippen LogP contribution in [0.15, 0.2) is 42.7 Å². The van der Waals surface area contributed by atoms with Crippen molar-refractivity contribution in [2.45, 2.75) is 6.10 Å². The predicted molar refractivity (Wildman–Crippen MR) is 63.1 cm³/mol. The molecule has 0 N–H and O–H groups in total. The maximum Gasteiger partial charge on any atom is 0.192 e. The van der Waals surface area contributed by atoms with Gasteiger partial charge in [-0.25, -0.2) is 9.97 Å². The molecule has 0 bridgehead atoms. The van der Waals surface area contributed by atoms with E-state index in [-0.39, 0.29) is 6.10 Å². The molecule has 1 unspecified atom stereocenters. The number of hydrogen-bond acceptors (Lipinski definition) is 4. The molecule has 16 heavy (non-hydrogen) atoms. The summed E-state index contributed by atoms with van der Waals surface area (Å²) in [7, 11) is 0. The second-order valence-electron chi connectivity index (χ2n) is 3.48. The summed E-state index contributed by atoms with van der Waals surface area (Å²) < 4.78 is 5.62. The van der Waals surface area contributed by atoms with E-state index in [0.717, 1.165) is 11.1 Å². The van der Waals surface area contributed by atoms with Crippen molar-refractivity contribution in [3.8, 4) is 0 Å². The average molecular weight is 228 g/mol. The first-order valence-corrected chi connectivity index (χ1v) is 5.34. The fourth-order valence-electron chi connectivity index (χ4n) is 1.78. The third-order valence-electron chi connectivity index (χ3n) is 2.51. The number of hydrogen-bond donors (Lipinski definition) is 0. The van der Waals surface area contributed by atoms with E-state index in [0.29, 0.717) is 10.9 Å². The Hall–Kier alpha value is -1.81. The first kappa shape index (κ1) is 9.42. The molecule has 3 nitrogen and oxygen atoms in total.